The van der Waals surface area contributed by atoms with Crippen LogP contribution in [-0.4, -0.2) is 89.9 Å². The average molecular weight is 587 g/mol. The van der Waals surface area contributed by atoms with Crippen LogP contribution in [0.4, 0.5) is 4.39 Å². The van der Waals surface area contributed by atoms with Crippen molar-refractivity contribution < 1.29 is 37.4 Å². The van der Waals surface area contributed by atoms with Gasteiger partial charge in [0, 0.05) is 20.6 Å². The Morgan fingerprint density at radius 3 is 2.29 bits per heavy atom. The standard InChI is InChI=1S/C28H31FN4O7S/c1-18-12-13-20(29)15-25(18)41(39,40)33(17-26(35)32(2)3)16-24(34)23(14-19-8-5-4-6-9-19)31-27(36)21-10-7-11-22(30-21)28(37)38/h4-13,15,23-24,34H,14,16-17H2,1-3H3,(H,31,36)(H,37,38)/t23-,24+/m0/s1. The molecule has 0 saturated carbocycles. The van der Waals surface area contributed by atoms with Crippen LogP contribution < -0.4 is 5.32 Å². The fourth-order valence-corrected chi connectivity index (χ4v) is 5.58. The van der Waals surface area contributed by atoms with Gasteiger partial charge in [-0.3, -0.25) is 9.59 Å². The van der Waals surface area contributed by atoms with E-state index in [9.17, 15) is 37.4 Å². The number of aromatic nitrogens is 1. The van der Waals surface area contributed by atoms with Crippen molar-refractivity contribution in [1.29, 1.82) is 0 Å². The summed E-state index contributed by atoms with van der Waals surface area (Å²) in [7, 11) is -1.61. The molecule has 2 amide bonds. The van der Waals surface area contributed by atoms with Crippen molar-refractivity contribution in [2.45, 2.75) is 30.4 Å². The first-order chi connectivity index (χ1) is 19.3. The number of carboxylic acids is 1. The number of carbonyl (C=O) groups is 3. The van der Waals surface area contributed by atoms with E-state index >= 15 is 0 Å². The van der Waals surface area contributed by atoms with Gasteiger partial charge in [0.2, 0.25) is 15.9 Å². The summed E-state index contributed by atoms with van der Waals surface area (Å²) in [6.45, 7) is 0.195. The normalized spacial score (nSPS) is 12.9. The van der Waals surface area contributed by atoms with Gasteiger partial charge in [0.15, 0.2) is 0 Å². The summed E-state index contributed by atoms with van der Waals surface area (Å²) in [4.78, 5) is 41.6. The number of sulfonamides is 1. The molecule has 3 N–H and O–H groups in total. The van der Waals surface area contributed by atoms with Crippen LogP contribution >= 0.6 is 0 Å². The Morgan fingerprint density at radius 1 is 1.00 bits per heavy atom. The summed E-state index contributed by atoms with van der Waals surface area (Å²) in [6.07, 6.45) is -1.50. The number of carboxylic acid groups (broad SMARTS) is 1. The molecular weight excluding hydrogens is 555 g/mol. The first-order valence-electron chi connectivity index (χ1n) is 12.5. The molecule has 41 heavy (non-hydrogen) atoms. The van der Waals surface area contributed by atoms with Gasteiger partial charge in [-0.15, -0.1) is 0 Å². The summed E-state index contributed by atoms with van der Waals surface area (Å²) in [6, 6.07) is 14.8. The molecule has 11 nitrogen and oxygen atoms in total. The van der Waals surface area contributed by atoms with Crippen molar-refractivity contribution >= 4 is 27.8 Å². The van der Waals surface area contributed by atoms with Crippen molar-refractivity contribution in [1.82, 2.24) is 19.5 Å². The number of hydrogen-bond acceptors (Lipinski definition) is 7. The van der Waals surface area contributed by atoms with E-state index in [4.69, 9.17) is 0 Å². The van der Waals surface area contributed by atoms with Gasteiger partial charge < -0.3 is 20.4 Å². The molecule has 1 aromatic heterocycles. The highest BCUT2D eigenvalue weighted by Gasteiger charge is 2.34. The lowest BCUT2D eigenvalue weighted by molar-refractivity contribution is -0.129. The topological polar surface area (TPSA) is 157 Å². The van der Waals surface area contributed by atoms with Crippen LogP contribution in [0.5, 0.6) is 0 Å². The zero-order valence-corrected chi connectivity index (χ0v) is 23.5. The molecule has 0 bridgehead atoms. The third-order valence-corrected chi connectivity index (χ3v) is 8.20. The van der Waals surface area contributed by atoms with Crippen LogP contribution in [0.1, 0.15) is 32.1 Å². The quantitative estimate of drug-likeness (QED) is 0.290. The Morgan fingerprint density at radius 2 is 1.66 bits per heavy atom. The fourth-order valence-electron chi connectivity index (χ4n) is 3.94. The van der Waals surface area contributed by atoms with Gasteiger partial charge >= 0.3 is 5.97 Å². The third-order valence-electron chi connectivity index (χ3n) is 6.25. The van der Waals surface area contributed by atoms with Crippen molar-refractivity contribution in [3.63, 3.8) is 0 Å². The molecule has 3 aromatic rings. The number of benzene rings is 2. The maximum Gasteiger partial charge on any atom is 0.354 e. The first kappa shape index (κ1) is 31.3. The Hall–Kier alpha value is -4.20. The lowest BCUT2D eigenvalue weighted by Gasteiger charge is -2.30. The van der Waals surface area contributed by atoms with Crippen molar-refractivity contribution in [2.24, 2.45) is 0 Å². The van der Waals surface area contributed by atoms with Crippen LogP contribution in [0.2, 0.25) is 0 Å². The Bertz CT molecular complexity index is 1520. The number of aromatic carboxylic acids is 1. The second-order valence-electron chi connectivity index (χ2n) is 9.55. The predicted molar refractivity (Wildman–Crippen MR) is 147 cm³/mol. The second-order valence-corrected chi connectivity index (χ2v) is 11.5. The summed E-state index contributed by atoms with van der Waals surface area (Å²) < 4.78 is 42.1. The van der Waals surface area contributed by atoms with E-state index in [-0.39, 0.29) is 28.3 Å². The number of pyridine rings is 1. The van der Waals surface area contributed by atoms with E-state index < -0.39 is 58.9 Å². The smallest absolute Gasteiger partial charge is 0.354 e. The minimum absolute atomic E-state index is 0.0564. The maximum absolute atomic E-state index is 14.1. The van der Waals surface area contributed by atoms with Gasteiger partial charge in [-0.25, -0.2) is 22.6 Å². The summed E-state index contributed by atoms with van der Waals surface area (Å²) in [5, 5.41) is 23.2. The van der Waals surface area contributed by atoms with Crippen LogP contribution in [-0.2, 0) is 21.2 Å². The number of aryl methyl sites for hydroxylation is 1. The zero-order chi connectivity index (χ0) is 30.3. The lowest BCUT2D eigenvalue weighted by Crippen LogP contribution is -2.52. The number of aliphatic hydroxyl groups excluding tert-OH is 1. The molecule has 0 saturated heterocycles. The molecule has 2 atom stereocenters. The summed E-state index contributed by atoms with van der Waals surface area (Å²) in [5.41, 5.74) is 0.353. The molecular formula is C28H31FN4O7S. The highest BCUT2D eigenvalue weighted by atomic mass is 32.2. The third kappa shape index (κ3) is 8.16. The Kier molecular flexibility index (Phi) is 10.3. The number of likely N-dealkylation sites (N-methyl/N-ethyl adjacent to an activating group) is 1. The number of halogens is 1. The number of amides is 2. The molecule has 0 aliphatic carbocycles. The highest BCUT2D eigenvalue weighted by Crippen LogP contribution is 2.22. The molecule has 0 aliphatic rings. The minimum atomic E-state index is -4.48. The van der Waals surface area contributed by atoms with Crippen molar-refractivity contribution in [2.75, 3.05) is 27.2 Å². The lowest BCUT2D eigenvalue weighted by atomic mass is 10.0. The molecule has 13 heteroatoms. The molecule has 0 fully saturated rings. The molecule has 0 unspecified atom stereocenters. The van der Waals surface area contributed by atoms with E-state index in [1.54, 1.807) is 30.3 Å². The first-order valence-corrected chi connectivity index (χ1v) is 13.9. The van der Waals surface area contributed by atoms with Crippen molar-refractivity contribution in [3.05, 3.63) is 95.1 Å². The fraction of sp³-hybridized carbons (Fsp3) is 0.286. The van der Waals surface area contributed by atoms with Gasteiger partial charge in [0.05, 0.1) is 23.6 Å². The van der Waals surface area contributed by atoms with E-state index in [2.05, 4.69) is 10.3 Å². The Labute approximate surface area is 237 Å². The Balaban J connectivity index is 1.97. The van der Waals surface area contributed by atoms with Gasteiger partial charge in [0.1, 0.15) is 17.2 Å². The van der Waals surface area contributed by atoms with E-state index in [1.165, 1.54) is 50.2 Å². The molecule has 0 spiro atoms. The molecule has 218 valence electrons. The number of nitrogens with zero attached hydrogens (tertiary/aromatic N) is 3. The number of aliphatic hydroxyl groups is 1. The number of hydrogen-bond donors (Lipinski definition) is 3. The molecule has 1 heterocycles. The van der Waals surface area contributed by atoms with Gasteiger partial charge in [-0.1, -0.05) is 42.5 Å². The zero-order valence-electron chi connectivity index (χ0n) is 22.7. The summed E-state index contributed by atoms with van der Waals surface area (Å²) in [5.74, 6) is -3.51. The molecule has 3 rings (SSSR count). The van der Waals surface area contributed by atoms with Crippen LogP contribution in [0.25, 0.3) is 0 Å². The minimum Gasteiger partial charge on any atom is -0.477 e. The van der Waals surface area contributed by atoms with Crippen molar-refractivity contribution in [3.8, 4) is 0 Å². The van der Waals surface area contributed by atoms with Crippen LogP contribution in [0, 0.1) is 12.7 Å². The molecule has 2 aromatic carbocycles. The average Bonchev–Trinajstić information content (AvgIpc) is 2.93. The second kappa shape index (κ2) is 13.4. The van der Waals surface area contributed by atoms with Gasteiger partial charge in [0.25, 0.3) is 5.91 Å². The van der Waals surface area contributed by atoms with E-state index in [1.807, 2.05) is 0 Å². The van der Waals surface area contributed by atoms with E-state index in [0.717, 1.165) is 16.4 Å². The van der Waals surface area contributed by atoms with Gasteiger partial charge in [-0.05, 0) is 48.7 Å². The van der Waals surface area contributed by atoms with Crippen LogP contribution in [0.15, 0.2) is 71.6 Å². The van der Waals surface area contributed by atoms with E-state index in [0.29, 0.717) is 5.56 Å². The van der Waals surface area contributed by atoms with Crippen LogP contribution in [0.3, 0.4) is 0 Å². The predicted octanol–water partition coefficient (Wildman–Crippen LogP) is 1.71. The summed E-state index contributed by atoms with van der Waals surface area (Å²) >= 11 is 0. The SMILES string of the molecule is Cc1ccc(F)cc1S(=O)(=O)N(CC(=O)N(C)C)C[C@@H](O)[C@H](Cc1ccccc1)NC(=O)c1cccc(C(=O)O)n1. The number of carbonyl (C=O) groups excluding carboxylic acids is 2. The number of nitrogens with one attached hydrogen (secondary N) is 1. The molecule has 0 aliphatic heterocycles. The highest BCUT2D eigenvalue weighted by molar-refractivity contribution is 7.89. The van der Waals surface area contributed by atoms with Gasteiger partial charge in [-0.2, -0.15) is 4.31 Å². The number of rotatable bonds is 12. The monoisotopic (exact) mass is 586 g/mol. The largest absolute Gasteiger partial charge is 0.477 e. The molecule has 0 radical (unpaired) electrons. The maximum atomic E-state index is 14.1.